The number of methoxy groups -OCH3 is 4. The van der Waals surface area contributed by atoms with Gasteiger partial charge in [-0.15, -0.1) is 0 Å². The lowest BCUT2D eigenvalue weighted by atomic mass is 8.38. The van der Waals surface area contributed by atoms with Crippen molar-refractivity contribution < 1.29 is 28.5 Å². The maximum atomic E-state index is 12.0. The minimum atomic E-state index is -0.795. The number of nitrogens with zero attached hydrogens (tertiary/aromatic N) is 3. The number of benzene rings is 2. The molecule has 0 unspecified atom stereocenters. The van der Waals surface area contributed by atoms with Crippen LogP contribution in [0, 0.1) is 55.4 Å². The number of hydrogen-bond donors (Lipinski definition) is 1. The van der Waals surface area contributed by atoms with Gasteiger partial charge in [0.05, 0.1) is 39.6 Å². The number of carbonyl (C=O) groups excluding carboxylic acids is 2. The van der Waals surface area contributed by atoms with Gasteiger partial charge in [-0.1, -0.05) is 53.7 Å². The fraction of sp³-hybridized carbons (Fsp3) is 0.346. The van der Waals surface area contributed by atoms with E-state index in [0.717, 1.165) is 68.0 Å². The van der Waals surface area contributed by atoms with Crippen LogP contribution < -0.4 is 41.2 Å². The van der Waals surface area contributed by atoms with E-state index in [-0.39, 0.29) is 72.8 Å². The third-order valence-electron chi connectivity index (χ3n) is 14.4. The molecule has 0 amide bonds. The summed E-state index contributed by atoms with van der Waals surface area (Å²) in [6.45, 7) is 15.0. The summed E-state index contributed by atoms with van der Waals surface area (Å²) in [6.07, 6.45) is 2.92. The molecule has 93 heavy (non-hydrogen) atoms. The Morgan fingerprint density at radius 1 is 0.462 bits per heavy atom. The van der Waals surface area contributed by atoms with E-state index in [4.69, 9.17) is 104 Å². The number of aldehydes is 2. The van der Waals surface area contributed by atoms with Gasteiger partial charge in [0, 0.05) is 91.6 Å². The quantitative estimate of drug-likeness (QED) is 0.111. The Hall–Kier alpha value is -3.81. The fourth-order valence-corrected chi connectivity index (χ4v) is 10.7. The Bertz CT molecular complexity index is 3430. The number of ether oxygens (including phenoxy) is 4. The number of aromatic amines is 1. The molecule has 0 bridgehead atoms. The number of rotatable bonds is 16. The zero-order valence-electron chi connectivity index (χ0n) is 52.3. The van der Waals surface area contributed by atoms with Crippen molar-refractivity contribution in [3.05, 3.63) is 164 Å². The van der Waals surface area contributed by atoms with Crippen LogP contribution in [0.3, 0.4) is 0 Å². The normalized spacial score (nSPS) is 9.39. The smallest absolute Gasteiger partial charge is 0.253 e. The summed E-state index contributed by atoms with van der Waals surface area (Å²) in [6, 6.07) is 6.98. The molecule has 4 heterocycles. The molecule has 14 nitrogen and oxygen atoms in total. The molecule has 0 saturated carbocycles. The van der Waals surface area contributed by atoms with Gasteiger partial charge in [0.1, 0.15) is 23.0 Å². The lowest BCUT2D eigenvalue weighted by Crippen LogP contribution is -2.81. The Morgan fingerprint density at radius 3 is 1.04 bits per heavy atom. The maximum absolute atomic E-state index is 12.0. The largest absolute Gasteiger partial charge is 0.496 e. The molecule has 0 spiro atoms. The third-order valence-corrected chi connectivity index (χ3v) is 17.3. The van der Waals surface area contributed by atoms with E-state index in [1.54, 1.807) is 97.7 Å². The number of pyridine rings is 4. The third kappa shape index (κ3) is 27.2. The van der Waals surface area contributed by atoms with Crippen molar-refractivity contribution in [1.82, 2.24) is 18.7 Å². The first-order valence-electron chi connectivity index (χ1n) is 26.4. The molecule has 0 aliphatic carbocycles. The Kier molecular flexibility index (Phi) is 47.7. The van der Waals surface area contributed by atoms with Crippen LogP contribution in [0.4, 0.5) is 0 Å². The molecule has 0 aliphatic heterocycles. The first-order valence-corrected chi connectivity index (χ1v) is 29.6. The predicted molar refractivity (Wildman–Crippen MR) is 441 cm³/mol. The molecular formula is C52H74B23Br4N4O10-2. The SMILES string of the molecule is C.C.C.COc1cc(-c2cn(C)c(=O)c(C)c2C)cc(OC)c1C=O.COc1cc(Br)cc(OC)c1C=O.Cc1c(Br)c[nH]c(=O)c1C.Cc1c(Br)cn(C)c(=O)c1C.Cc1c(Br)cn(C)c(=O)c1C.[B]B([B])B([B][BH3-])B(B(B([B])[B])B([B])[B])B(B([B])[B])B([B])[B].[B][BH3-]. The molecule has 0 aliphatic rings. The summed E-state index contributed by atoms with van der Waals surface area (Å²) in [5.41, 5.74) is 9.65. The minimum Gasteiger partial charge on any atom is -0.496 e. The van der Waals surface area contributed by atoms with E-state index >= 15 is 0 Å². The van der Waals surface area contributed by atoms with Crippen LogP contribution in [0.25, 0.3) is 11.1 Å². The van der Waals surface area contributed by atoms with Crippen LogP contribution >= 0.6 is 63.7 Å². The molecule has 2 aromatic carbocycles. The van der Waals surface area contributed by atoms with Gasteiger partial charge in [-0.05, 0) is 290 Å². The molecule has 0 saturated heterocycles. The fourth-order valence-electron chi connectivity index (χ4n) is 8.62. The highest BCUT2D eigenvalue weighted by Gasteiger charge is 2.44. The number of H-pyrrole nitrogens is 1. The molecule has 41 heteroatoms. The molecule has 23 radical (unpaired) electrons. The highest BCUT2D eigenvalue weighted by atomic mass is 79.9. The maximum Gasteiger partial charge on any atom is 0.253 e. The second-order valence-electron chi connectivity index (χ2n) is 20.2. The van der Waals surface area contributed by atoms with E-state index in [9.17, 15) is 28.8 Å². The average Bonchev–Trinajstić information content (AvgIpc) is 0.803. The van der Waals surface area contributed by atoms with Crippen molar-refractivity contribution in [2.45, 2.75) is 77.7 Å². The molecule has 0 fully saturated rings. The first kappa shape index (κ1) is 95.6. The number of halogens is 4. The zero-order valence-corrected chi connectivity index (χ0v) is 58.7. The van der Waals surface area contributed by atoms with Gasteiger partial charge < -0.3 is 37.6 Å². The second-order valence-corrected chi connectivity index (χ2v) is 23.6. The monoisotopic (exact) mass is 1480 g/mol. The van der Waals surface area contributed by atoms with E-state index in [1.807, 2.05) is 41.5 Å². The standard InChI is InChI=1S/C17H19NO4.C9H9BrO3.2C8H10BrNO.C7H8BrNO.3CH4.B21H3.B2H3/c1-10-11(2)17(20)18(3)8-13(10)12-6-15(21-4)14(9-19)16(7-12)22-5;1-12-8-3-6(10)4-9(13-2)7(8)5-11;2*1-5-6(2)8(11)10(3)4-7(5)9;1-4-5(2)7(10)9-3-6(4)8;;;;1-12-18(13(2)3)21(19(14(4)5)15(6)7)20(16(8)9)17(10)11;1-2/h6-9H,1-5H3;3-5H,1-2H3;2*4H,1-3H3;3H,1-2H3,(H,9,10);3*1H4;1H3;1H3/q;;;;;;;;2*-1. The average molecular weight is 1480 g/mol. The number of hydrogen-bond acceptors (Lipinski definition) is 10. The lowest BCUT2D eigenvalue weighted by molar-refractivity contribution is 0.111. The van der Waals surface area contributed by atoms with Gasteiger partial charge in [-0.25, -0.2) is 0 Å². The van der Waals surface area contributed by atoms with Gasteiger partial charge in [0.15, 0.2) is 12.6 Å². The summed E-state index contributed by atoms with van der Waals surface area (Å²) < 4.78 is 29.0. The van der Waals surface area contributed by atoms with Gasteiger partial charge in [0.2, 0.25) is 0 Å². The second kappa shape index (κ2) is 46.4. The van der Waals surface area contributed by atoms with Crippen LogP contribution in [-0.2, 0) is 21.1 Å². The molecule has 461 valence electrons. The number of nitrogens with one attached hydrogen (secondary N) is 1. The van der Waals surface area contributed by atoms with Crippen molar-refractivity contribution in [2.24, 2.45) is 21.1 Å². The van der Waals surface area contributed by atoms with Gasteiger partial charge >= 0.3 is 0 Å². The molecule has 1 N–H and O–H groups in total. The zero-order chi connectivity index (χ0) is 70.1. The highest BCUT2D eigenvalue weighted by molar-refractivity contribution is 9.11. The van der Waals surface area contributed by atoms with Crippen molar-refractivity contribution >= 4 is 241 Å². The van der Waals surface area contributed by atoms with Crippen LogP contribution in [0.2, 0.25) is 0 Å². The van der Waals surface area contributed by atoms with Gasteiger partial charge in [-0.2, -0.15) is 14.8 Å². The van der Waals surface area contributed by atoms with Crippen molar-refractivity contribution in [3.8, 4) is 34.1 Å². The number of carbonyl (C=O) groups is 2. The minimum absolute atomic E-state index is 0. The van der Waals surface area contributed by atoms with Crippen LogP contribution in [0.15, 0.2) is 86.1 Å². The number of aryl methyl sites for hydroxylation is 3. The van der Waals surface area contributed by atoms with Gasteiger partial charge in [0.25, 0.3) is 22.2 Å². The molecule has 0 atom stereocenters. The Balaban J connectivity index is -0.000000518. The molecule has 4 aromatic heterocycles. The van der Waals surface area contributed by atoms with E-state index < -0.39 is 44.7 Å². The summed E-state index contributed by atoms with van der Waals surface area (Å²) in [5, 5.41) is 0. The van der Waals surface area contributed by atoms with Crippen LogP contribution in [0.5, 0.6) is 23.0 Å². The van der Waals surface area contributed by atoms with E-state index in [2.05, 4.69) is 75.8 Å². The van der Waals surface area contributed by atoms with Crippen molar-refractivity contribution in [1.29, 1.82) is 0 Å². The summed E-state index contributed by atoms with van der Waals surface area (Å²) in [4.78, 5) is 70.0. The molecule has 6 rings (SSSR count). The van der Waals surface area contributed by atoms with Crippen molar-refractivity contribution in [3.63, 3.8) is 0 Å². The molecular weight excluding hydrogens is 1410 g/mol. The van der Waals surface area contributed by atoms with Crippen LogP contribution in [0.1, 0.15) is 87.5 Å². The molecule has 6 aromatic rings. The summed E-state index contributed by atoms with van der Waals surface area (Å²) in [7, 11) is 76.7. The predicted octanol–water partition coefficient (Wildman–Crippen LogP) is 1.60. The lowest BCUT2D eigenvalue weighted by Gasteiger charge is -2.44. The van der Waals surface area contributed by atoms with E-state index in [0.29, 0.717) is 52.3 Å². The highest BCUT2D eigenvalue weighted by Crippen LogP contribution is 2.36. The number of aromatic nitrogens is 4. The summed E-state index contributed by atoms with van der Waals surface area (Å²) in [5.74, 6) is 1.88. The van der Waals surface area contributed by atoms with Gasteiger partial charge in [-0.3, -0.25) is 28.8 Å². The Labute approximate surface area is 608 Å². The topological polar surface area (TPSA) is 170 Å². The van der Waals surface area contributed by atoms with Crippen molar-refractivity contribution in [2.75, 3.05) is 28.4 Å². The van der Waals surface area contributed by atoms with Crippen LogP contribution in [-0.4, -0.2) is 225 Å². The Morgan fingerprint density at radius 2 is 0.763 bits per heavy atom. The first-order chi connectivity index (χ1) is 41.9. The van der Waals surface area contributed by atoms with E-state index in [1.165, 1.54) is 28.4 Å². The summed E-state index contributed by atoms with van der Waals surface area (Å²) >= 11 is 13.3.